The van der Waals surface area contributed by atoms with Crippen LogP contribution in [0.5, 0.6) is 0 Å². The van der Waals surface area contributed by atoms with Gasteiger partial charge in [0.2, 0.25) is 17.7 Å². The molecule has 0 fully saturated rings. The number of hydrogen-bond donors (Lipinski definition) is 5. The lowest BCUT2D eigenvalue weighted by molar-refractivity contribution is -0.141. The fourth-order valence-electron chi connectivity index (χ4n) is 3.54. The van der Waals surface area contributed by atoms with Crippen molar-refractivity contribution in [3.05, 3.63) is 71.8 Å². The summed E-state index contributed by atoms with van der Waals surface area (Å²) in [6.07, 6.45) is 0.780. The number of aliphatic carboxylic acids is 1. The largest absolute Gasteiger partial charge is 0.480 e. The van der Waals surface area contributed by atoms with Crippen LogP contribution in [-0.2, 0) is 32.0 Å². The summed E-state index contributed by atoms with van der Waals surface area (Å²) in [5.41, 5.74) is 7.54. The molecule has 2 aromatic rings. The molecule has 0 aliphatic rings. The van der Waals surface area contributed by atoms with Gasteiger partial charge < -0.3 is 26.8 Å². The highest BCUT2D eigenvalue weighted by atomic mass is 16.4. The van der Waals surface area contributed by atoms with Crippen molar-refractivity contribution in [1.29, 1.82) is 0 Å². The van der Waals surface area contributed by atoms with E-state index < -0.39 is 48.4 Å². The van der Waals surface area contributed by atoms with Gasteiger partial charge in [0.1, 0.15) is 12.1 Å². The van der Waals surface area contributed by atoms with Crippen molar-refractivity contribution in [1.82, 2.24) is 16.0 Å². The van der Waals surface area contributed by atoms with Crippen LogP contribution in [0.15, 0.2) is 60.7 Å². The summed E-state index contributed by atoms with van der Waals surface area (Å²) in [4.78, 5) is 49.4. The molecule has 9 nitrogen and oxygen atoms in total. The molecule has 3 atom stereocenters. The van der Waals surface area contributed by atoms with Gasteiger partial charge in [0, 0.05) is 12.8 Å². The van der Waals surface area contributed by atoms with Crippen LogP contribution in [0.3, 0.4) is 0 Å². The summed E-state index contributed by atoms with van der Waals surface area (Å²) >= 11 is 0. The number of nitrogens with one attached hydrogen (secondary N) is 3. The van der Waals surface area contributed by atoms with Gasteiger partial charge in [0.15, 0.2) is 0 Å². The normalized spacial score (nSPS) is 13.4. The number of rotatable bonds is 13. The molecule has 3 amide bonds. The van der Waals surface area contributed by atoms with E-state index in [1.807, 2.05) is 50.2 Å². The second kappa shape index (κ2) is 13.9. The molecule has 2 aromatic carbocycles. The third-order valence-corrected chi connectivity index (χ3v) is 5.32. The fraction of sp³-hybridized carbons (Fsp3) is 0.385. The monoisotopic (exact) mass is 482 g/mol. The smallest absolute Gasteiger partial charge is 0.326 e. The number of hydrogen-bond acceptors (Lipinski definition) is 5. The number of benzene rings is 2. The minimum atomic E-state index is -1.18. The Balaban J connectivity index is 1.99. The zero-order chi connectivity index (χ0) is 25.8. The van der Waals surface area contributed by atoms with Gasteiger partial charge in [-0.15, -0.1) is 0 Å². The molecule has 2 rings (SSSR count). The van der Waals surface area contributed by atoms with Crippen molar-refractivity contribution in [2.45, 2.75) is 51.2 Å². The lowest BCUT2D eigenvalue weighted by Gasteiger charge is -2.22. The summed E-state index contributed by atoms with van der Waals surface area (Å²) in [5.74, 6) is -2.64. The second-order valence-corrected chi connectivity index (χ2v) is 8.85. The number of amides is 3. The van der Waals surface area contributed by atoms with Crippen molar-refractivity contribution in [2.75, 3.05) is 6.54 Å². The molecule has 0 aromatic heterocycles. The molecule has 188 valence electrons. The van der Waals surface area contributed by atoms with Crippen molar-refractivity contribution >= 4 is 23.7 Å². The highest BCUT2D eigenvalue weighted by Gasteiger charge is 2.26. The first-order chi connectivity index (χ1) is 16.7. The first kappa shape index (κ1) is 27.5. The number of carbonyl (C=O) groups excluding carboxylic acids is 3. The maximum atomic E-state index is 12.9. The fourth-order valence-corrected chi connectivity index (χ4v) is 3.54. The molecule has 0 aliphatic carbocycles. The van der Waals surface area contributed by atoms with Crippen molar-refractivity contribution < 1.29 is 24.3 Å². The number of carboxylic acid groups (broad SMARTS) is 1. The number of carboxylic acids is 1. The lowest BCUT2D eigenvalue weighted by atomic mass is 10.0. The predicted molar refractivity (Wildman–Crippen MR) is 132 cm³/mol. The summed E-state index contributed by atoms with van der Waals surface area (Å²) in [7, 11) is 0. The van der Waals surface area contributed by atoms with E-state index >= 15 is 0 Å². The van der Waals surface area contributed by atoms with Gasteiger partial charge in [-0.3, -0.25) is 14.4 Å². The maximum Gasteiger partial charge on any atom is 0.326 e. The number of carbonyl (C=O) groups is 4. The van der Waals surface area contributed by atoms with Gasteiger partial charge in [0.05, 0.1) is 12.6 Å². The lowest BCUT2D eigenvalue weighted by Crippen LogP contribution is -2.54. The van der Waals surface area contributed by atoms with Gasteiger partial charge in [-0.2, -0.15) is 0 Å². The first-order valence-electron chi connectivity index (χ1n) is 11.6. The Kier molecular flexibility index (Phi) is 10.9. The zero-order valence-electron chi connectivity index (χ0n) is 20.1. The minimum absolute atomic E-state index is 0.107. The van der Waals surface area contributed by atoms with Crippen LogP contribution >= 0.6 is 0 Å². The van der Waals surface area contributed by atoms with Crippen LogP contribution < -0.4 is 21.7 Å². The van der Waals surface area contributed by atoms with Gasteiger partial charge in [-0.25, -0.2) is 4.79 Å². The molecule has 3 unspecified atom stereocenters. The average Bonchev–Trinajstić information content (AvgIpc) is 2.82. The van der Waals surface area contributed by atoms with Crippen molar-refractivity contribution in [3.63, 3.8) is 0 Å². The first-order valence-corrected chi connectivity index (χ1v) is 11.6. The van der Waals surface area contributed by atoms with Crippen molar-refractivity contribution in [3.8, 4) is 0 Å². The van der Waals surface area contributed by atoms with E-state index in [9.17, 15) is 24.3 Å². The van der Waals surface area contributed by atoms with Gasteiger partial charge in [0.25, 0.3) is 0 Å². The van der Waals surface area contributed by atoms with Crippen LogP contribution in [0, 0.1) is 5.92 Å². The molecule has 0 aliphatic heterocycles. The summed E-state index contributed by atoms with van der Waals surface area (Å²) in [6.45, 7) is 3.46. The standard InChI is InChI=1S/C26H34N4O5/c1-17(2)13-20(27)24(32)30-21(14-18-9-5-3-6-10-18)25(33)28-16-23(31)29-22(26(34)35)15-19-11-7-4-8-12-19/h3-12,17,20-22H,13-16,27H2,1-2H3,(H,28,33)(H,29,31)(H,30,32)(H,34,35). The molecular weight excluding hydrogens is 448 g/mol. The van der Waals surface area contributed by atoms with E-state index in [2.05, 4.69) is 16.0 Å². The van der Waals surface area contributed by atoms with Crippen LogP contribution in [0.1, 0.15) is 31.4 Å². The van der Waals surface area contributed by atoms with Gasteiger partial charge in [-0.1, -0.05) is 74.5 Å². The minimum Gasteiger partial charge on any atom is -0.480 e. The van der Waals surface area contributed by atoms with E-state index in [4.69, 9.17) is 5.73 Å². The van der Waals surface area contributed by atoms with E-state index in [-0.39, 0.29) is 18.8 Å². The van der Waals surface area contributed by atoms with Gasteiger partial charge in [-0.05, 0) is 23.5 Å². The Bertz CT molecular complexity index is 982. The molecule has 0 radical (unpaired) electrons. The molecule has 0 heterocycles. The Morgan fingerprint density at radius 1 is 0.800 bits per heavy atom. The van der Waals surface area contributed by atoms with Crippen LogP contribution in [0.4, 0.5) is 0 Å². The molecule has 35 heavy (non-hydrogen) atoms. The van der Waals surface area contributed by atoms with E-state index in [1.54, 1.807) is 24.3 Å². The van der Waals surface area contributed by atoms with Crippen LogP contribution in [0.25, 0.3) is 0 Å². The molecular formula is C26H34N4O5. The Morgan fingerprint density at radius 2 is 1.31 bits per heavy atom. The van der Waals surface area contributed by atoms with Crippen LogP contribution in [-0.4, -0.2) is 53.5 Å². The molecule has 0 spiro atoms. The molecule has 0 saturated carbocycles. The van der Waals surface area contributed by atoms with E-state index in [0.717, 1.165) is 11.1 Å². The zero-order valence-corrected chi connectivity index (χ0v) is 20.1. The van der Waals surface area contributed by atoms with Crippen LogP contribution in [0.2, 0.25) is 0 Å². The Morgan fingerprint density at radius 3 is 1.80 bits per heavy atom. The SMILES string of the molecule is CC(C)CC(N)C(=O)NC(Cc1ccccc1)C(=O)NCC(=O)NC(Cc1ccccc1)C(=O)O. The summed E-state index contributed by atoms with van der Waals surface area (Å²) in [5, 5.41) is 17.1. The molecule has 6 N–H and O–H groups in total. The topological polar surface area (TPSA) is 151 Å². The highest BCUT2D eigenvalue weighted by Crippen LogP contribution is 2.07. The number of nitrogens with two attached hydrogens (primary N) is 1. The highest BCUT2D eigenvalue weighted by molar-refractivity contribution is 5.92. The Hall–Kier alpha value is -3.72. The second-order valence-electron chi connectivity index (χ2n) is 8.85. The quantitative estimate of drug-likeness (QED) is 0.288. The molecule has 0 bridgehead atoms. The van der Waals surface area contributed by atoms with E-state index in [1.165, 1.54) is 0 Å². The van der Waals surface area contributed by atoms with Crippen molar-refractivity contribution in [2.24, 2.45) is 11.7 Å². The molecule has 0 saturated heterocycles. The third kappa shape index (κ3) is 9.97. The van der Waals surface area contributed by atoms with Gasteiger partial charge >= 0.3 is 5.97 Å². The summed E-state index contributed by atoms with van der Waals surface area (Å²) in [6, 6.07) is 15.2. The predicted octanol–water partition coefficient (Wildman–Crippen LogP) is 1.02. The third-order valence-electron chi connectivity index (χ3n) is 5.32. The van der Waals surface area contributed by atoms with E-state index in [0.29, 0.717) is 6.42 Å². The summed E-state index contributed by atoms with van der Waals surface area (Å²) < 4.78 is 0. The average molecular weight is 483 g/mol. The molecule has 9 heteroatoms. The Labute approximate surface area is 205 Å². The maximum absolute atomic E-state index is 12.9.